The molecule has 2 aromatic carbocycles. The Balaban J connectivity index is 1.35. The van der Waals surface area contributed by atoms with Gasteiger partial charge in [0.05, 0.1) is 4.90 Å². The highest BCUT2D eigenvalue weighted by molar-refractivity contribution is 7.89. The van der Waals surface area contributed by atoms with Crippen LogP contribution in [0, 0.1) is 0 Å². The van der Waals surface area contributed by atoms with Crippen LogP contribution in [0.1, 0.15) is 47.2 Å². The molecular weight excluding hydrogens is 438 g/mol. The van der Waals surface area contributed by atoms with Crippen molar-refractivity contribution >= 4 is 15.9 Å². The molecule has 1 aliphatic carbocycles. The van der Waals surface area contributed by atoms with E-state index in [-0.39, 0.29) is 23.4 Å². The first-order valence-electron chi connectivity index (χ1n) is 11.0. The highest BCUT2D eigenvalue weighted by Gasteiger charge is 2.23. The Bertz CT molecular complexity index is 1190. The first-order chi connectivity index (χ1) is 16.0. The average molecular weight is 466 g/mol. The van der Waals surface area contributed by atoms with Crippen LogP contribution in [-0.2, 0) is 23.2 Å². The number of carbonyl (C=O) groups excluding carboxylic acids is 1. The van der Waals surface area contributed by atoms with Crippen LogP contribution in [0.25, 0.3) is 0 Å². The van der Waals surface area contributed by atoms with E-state index >= 15 is 0 Å². The number of rotatable bonds is 9. The van der Waals surface area contributed by atoms with Crippen molar-refractivity contribution in [3.05, 3.63) is 89.6 Å². The Morgan fingerprint density at radius 1 is 0.970 bits per heavy atom. The second kappa shape index (κ2) is 10.6. The van der Waals surface area contributed by atoms with Gasteiger partial charge in [-0.05, 0) is 48.2 Å². The molecule has 0 bridgehead atoms. The summed E-state index contributed by atoms with van der Waals surface area (Å²) in [5.74, 6) is 0.119. The van der Waals surface area contributed by atoms with E-state index in [4.69, 9.17) is 4.74 Å². The number of nitrogens with one attached hydrogen (secondary N) is 2. The van der Waals surface area contributed by atoms with E-state index < -0.39 is 10.0 Å². The Labute approximate surface area is 194 Å². The van der Waals surface area contributed by atoms with Gasteiger partial charge in [-0.2, -0.15) is 0 Å². The van der Waals surface area contributed by atoms with Crippen LogP contribution in [0.4, 0.5) is 0 Å². The molecule has 0 aliphatic heterocycles. The number of hydrogen-bond donors (Lipinski definition) is 2. The van der Waals surface area contributed by atoms with Crippen LogP contribution in [0.5, 0.6) is 5.88 Å². The fourth-order valence-electron chi connectivity index (χ4n) is 3.79. The number of aromatic nitrogens is 1. The van der Waals surface area contributed by atoms with Gasteiger partial charge in [-0.3, -0.25) is 4.79 Å². The Morgan fingerprint density at radius 2 is 1.76 bits per heavy atom. The number of ether oxygens (including phenoxy) is 1. The minimum absolute atomic E-state index is 0.0301. The maximum Gasteiger partial charge on any atom is 0.251 e. The summed E-state index contributed by atoms with van der Waals surface area (Å²) in [5.41, 5.74) is 2.15. The molecule has 1 saturated carbocycles. The van der Waals surface area contributed by atoms with Crippen molar-refractivity contribution in [1.29, 1.82) is 0 Å². The molecule has 0 radical (unpaired) electrons. The van der Waals surface area contributed by atoms with Gasteiger partial charge < -0.3 is 10.1 Å². The summed E-state index contributed by atoms with van der Waals surface area (Å²) >= 11 is 0. The zero-order valence-corrected chi connectivity index (χ0v) is 19.1. The van der Waals surface area contributed by atoms with Gasteiger partial charge in [0.2, 0.25) is 15.9 Å². The third-order valence-corrected chi connectivity index (χ3v) is 7.08. The molecule has 2 N–H and O–H groups in total. The van der Waals surface area contributed by atoms with E-state index in [1.807, 2.05) is 30.3 Å². The summed E-state index contributed by atoms with van der Waals surface area (Å²) in [6.07, 6.45) is 5.39. The van der Waals surface area contributed by atoms with Gasteiger partial charge in [0, 0.05) is 30.4 Å². The molecule has 1 heterocycles. The van der Waals surface area contributed by atoms with Gasteiger partial charge in [-0.15, -0.1) is 0 Å². The molecule has 1 aliphatic rings. The fourth-order valence-corrected chi connectivity index (χ4v) is 5.14. The minimum Gasteiger partial charge on any atom is -0.473 e. The van der Waals surface area contributed by atoms with Crippen LogP contribution in [0.15, 0.2) is 77.8 Å². The molecule has 4 rings (SSSR count). The first kappa shape index (κ1) is 22.9. The molecule has 0 unspecified atom stereocenters. The van der Waals surface area contributed by atoms with Gasteiger partial charge in [0.25, 0.3) is 5.91 Å². The van der Waals surface area contributed by atoms with Crippen molar-refractivity contribution in [3.8, 4) is 5.88 Å². The smallest absolute Gasteiger partial charge is 0.251 e. The number of benzene rings is 2. The molecule has 8 heteroatoms. The molecule has 3 aromatic rings. The van der Waals surface area contributed by atoms with Gasteiger partial charge in [0.1, 0.15) is 6.61 Å². The predicted molar refractivity (Wildman–Crippen MR) is 125 cm³/mol. The zero-order valence-electron chi connectivity index (χ0n) is 18.2. The van der Waals surface area contributed by atoms with Crippen LogP contribution in [-0.4, -0.2) is 25.4 Å². The molecule has 1 fully saturated rings. The van der Waals surface area contributed by atoms with Gasteiger partial charge in [-0.1, -0.05) is 49.2 Å². The molecule has 0 saturated heterocycles. The van der Waals surface area contributed by atoms with Crippen LogP contribution < -0.4 is 14.8 Å². The monoisotopic (exact) mass is 465 g/mol. The molecule has 33 heavy (non-hydrogen) atoms. The topological polar surface area (TPSA) is 97.4 Å². The Hall–Kier alpha value is -3.23. The third-order valence-electron chi connectivity index (χ3n) is 5.57. The zero-order chi connectivity index (χ0) is 23.1. The maximum atomic E-state index is 12.7. The van der Waals surface area contributed by atoms with Crippen LogP contribution in [0.3, 0.4) is 0 Å². The van der Waals surface area contributed by atoms with E-state index in [1.54, 1.807) is 30.5 Å². The lowest BCUT2D eigenvalue weighted by molar-refractivity contribution is 0.0950. The van der Waals surface area contributed by atoms with Crippen molar-refractivity contribution in [2.24, 2.45) is 0 Å². The number of amides is 1. The lowest BCUT2D eigenvalue weighted by atomic mass is 10.2. The second-order valence-corrected chi connectivity index (χ2v) is 9.80. The number of nitrogens with zero attached hydrogens (tertiary/aromatic N) is 1. The summed E-state index contributed by atoms with van der Waals surface area (Å²) in [7, 11) is -3.66. The van der Waals surface area contributed by atoms with Gasteiger partial charge in [0.15, 0.2) is 0 Å². The Morgan fingerprint density at radius 3 is 2.55 bits per heavy atom. The number of hydrogen-bond acceptors (Lipinski definition) is 5. The van der Waals surface area contributed by atoms with E-state index in [1.165, 1.54) is 12.1 Å². The normalized spacial score (nSPS) is 14.2. The summed E-state index contributed by atoms with van der Waals surface area (Å²) < 4.78 is 33.8. The van der Waals surface area contributed by atoms with Crippen LogP contribution >= 0.6 is 0 Å². The van der Waals surface area contributed by atoms with E-state index in [2.05, 4.69) is 15.0 Å². The van der Waals surface area contributed by atoms with Gasteiger partial charge >= 0.3 is 0 Å². The maximum absolute atomic E-state index is 12.7. The first-order valence-corrected chi connectivity index (χ1v) is 12.5. The van der Waals surface area contributed by atoms with Crippen molar-refractivity contribution in [2.45, 2.75) is 49.8 Å². The molecule has 7 nitrogen and oxygen atoms in total. The highest BCUT2D eigenvalue weighted by atomic mass is 32.2. The van der Waals surface area contributed by atoms with Crippen molar-refractivity contribution in [3.63, 3.8) is 0 Å². The lowest BCUT2D eigenvalue weighted by Crippen LogP contribution is -2.32. The third kappa shape index (κ3) is 6.40. The lowest BCUT2D eigenvalue weighted by Gasteiger charge is -2.13. The Kier molecular flexibility index (Phi) is 7.36. The molecule has 172 valence electrons. The van der Waals surface area contributed by atoms with Crippen molar-refractivity contribution in [2.75, 3.05) is 0 Å². The summed E-state index contributed by atoms with van der Waals surface area (Å²) in [6.45, 7) is 0.667. The van der Waals surface area contributed by atoms with E-state index in [0.29, 0.717) is 18.1 Å². The average Bonchev–Trinajstić information content (AvgIpc) is 3.34. The van der Waals surface area contributed by atoms with Crippen LogP contribution in [0.2, 0.25) is 0 Å². The number of pyridine rings is 1. The largest absolute Gasteiger partial charge is 0.473 e. The fraction of sp³-hybridized carbons (Fsp3) is 0.280. The molecule has 0 atom stereocenters. The quantitative estimate of drug-likeness (QED) is 0.501. The predicted octanol–water partition coefficient (Wildman–Crippen LogP) is 3.81. The summed E-state index contributed by atoms with van der Waals surface area (Å²) in [6, 6.07) is 19.4. The SMILES string of the molecule is O=C(NCc1ccnc(OCc2ccccc2)c1)c1cccc(S(=O)(=O)NC2CCCC2)c1. The van der Waals surface area contributed by atoms with E-state index in [9.17, 15) is 13.2 Å². The van der Waals surface area contributed by atoms with Crippen molar-refractivity contribution < 1.29 is 17.9 Å². The summed E-state index contributed by atoms with van der Waals surface area (Å²) in [5, 5.41) is 2.83. The van der Waals surface area contributed by atoms with Gasteiger partial charge in [-0.25, -0.2) is 18.1 Å². The molecule has 1 aromatic heterocycles. The standard InChI is InChI=1S/C25H27N3O4S/c29-25(21-9-6-12-23(16-21)33(30,31)28-22-10-4-5-11-22)27-17-20-13-14-26-24(15-20)32-18-19-7-2-1-3-8-19/h1-3,6-9,12-16,22,28H,4-5,10-11,17-18H2,(H,27,29). The number of carbonyl (C=O) groups is 1. The molecule has 0 spiro atoms. The molecular formula is C25H27N3O4S. The van der Waals surface area contributed by atoms with E-state index in [0.717, 1.165) is 36.8 Å². The summed E-state index contributed by atoms with van der Waals surface area (Å²) in [4.78, 5) is 17.0. The minimum atomic E-state index is -3.66. The van der Waals surface area contributed by atoms with Crippen molar-refractivity contribution in [1.82, 2.24) is 15.0 Å². The number of sulfonamides is 1. The molecule has 1 amide bonds. The highest BCUT2D eigenvalue weighted by Crippen LogP contribution is 2.21. The second-order valence-electron chi connectivity index (χ2n) is 8.09.